The van der Waals surface area contributed by atoms with Crippen molar-refractivity contribution < 1.29 is 9.59 Å². The summed E-state index contributed by atoms with van der Waals surface area (Å²) in [4.78, 5) is 26.5. The summed E-state index contributed by atoms with van der Waals surface area (Å²) >= 11 is 1.03. The number of imide groups is 1. The van der Waals surface area contributed by atoms with Gasteiger partial charge in [-0.15, -0.1) is 0 Å². The molecule has 1 aromatic heterocycles. The number of benzene rings is 1. The first kappa shape index (κ1) is 19.5. The second-order valence-corrected chi connectivity index (χ2v) is 8.24. The topological polar surface area (TPSA) is 42.3 Å². The molecule has 0 saturated carbocycles. The maximum atomic E-state index is 12.5. The first-order valence-corrected chi connectivity index (χ1v) is 10.1. The first-order valence-electron chi connectivity index (χ1n) is 9.27. The Morgan fingerprint density at radius 1 is 1.00 bits per heavy atom. The van der Waals surface area contributed by atoms with Gasteiger partial charge in [-0.3, -0.25) is 14.5 Å². The van der Waals surface area contributed by atoms with E-state index < -0.39 is 0 Å². The van der Waals surface area contributed by atoms with Gasteiger partial charge in [0.05, 0.1) is 10.6 Å². The van der Waals surface area contributed by atoms with Gasteiger partial charge >= 0.3 is 0 Å². The van der Waals surface area contributed by atoms with Crippen LogP contribution in [0.1, 0.15) is 47.0 Å². The lowest BCUT2D eigenvalue weighted by Gasteiger charge is -2.17. The van der Waals surface area contributed by atoms with Gasteiger partial charge in [-0.05, 0) is 81.6 Å². The van der Waals surface area contributed by atoms with Crippen molar-refractivity contribution in [3.8, 4) is 5.69 Å². The Bertz CT molecular complexity index is 946. The molecule has 0 spiro atoms. The predicted molar refractivity (Wildman–Crippen MR) is 112 cm³/mol. The zero-order chi connectivity index (χ0) is 19.9. The van der Waals surface area contributed by atoms with Crippen LogP contribution in [0.5, 0.6) is 0 Å². The molecule has 142 valence electrons. The van der Waals surface area contributed by atoms with Crippen molar-refractivity contribution in [3.05, 3.63) is 56.7 Å². The largest absolute Gasteiger partial charge is 0.317 e. The van der Waals surface area contributed by atoms with Crippen LogP contribution in [0.25, 0.3) is 11.8 Å². The maximum absolute atomic E-state index is 12.5. The van der Waals surface area contributed by atoms with Gasteiger partial charge in [0.15, 0.2) is 0 Å². The molecule has 1 aliphatic rings. The third-order valence-electron chi connectivity index (χ3n) is 4.94. The third kappa shape index (κ3) is 3.48. The van der Waals surface area contributed by atoms with Crippen molar-refractivity contribution in [2.45, 2.75) is 48.0 Å². The van der Waals surface area contributed by atoms with E-state index >= 15 is 0 Å². The fourth-order valence-corrected chi connectivity index (χ4v) is 4.72. The summed E-state index contributed by atoms with van der Waals surface area (Å²) in [6.45, 7) is 12.9. The molecule has 1 saturated heterocycles. The number of rotatable bonds is 4. The molecule has 0 atom stereocenters. The van der Waals surface area contributed by atoms with Crippen LogP contribution in [0.4, 0.5) is 4.79 Å². The number of aryl methyl sites for hydroxylation is 4. The van der Waals surface area contributed by atoms with E-state index in [4.69, 9.17) is 0 Å². The number of aromatic nitrogens is 1. The smallest absolute Gasteiger partial charge is 0.293 e. The molecule has 3 rings (SSSR count). The number of hydrogen-bond acceptors (Lipinski definition) is 3. The second-order valence-electron chi connectivity index (χ2n) is 7.24. The number of carbonyl (C=O) groups excluding carboxylic acids is 2. The molecule has 2 heterocycles. The molecule has 27 heavy (non-hydrogen) atoms. The zero-order valence-corrected chi connectivity index (χ0v) is 17.7. The maximum Gasteiger partial charge on any atom is 0.293 e. The lowest BCUT2D eigenvalue weighted by molar-refractivity contribution is -0.122. The summed E-state index contributed by atoms with van der Waals surface area (Å²) in [7, 11) is 0. The summed E-state index contributed by atoms with van der Waals surface area (Å²) in [6, 6.07) is 6.47. The molecule has 4 nitrogen and oxygen atoms in total. The van der Waals surface area contributed by atoms with Crippen molar-refractivity contribution in [3.63, 3.8) is 0 Å². The second kappa shape index (κ2) is 7.39. The van der Waals surface area contributed by atoms with Crippen LogP contribution in [0.3, 0.4) is 0 Å². The normalized spacial score (nSPS) is 16.1. The lowest BCUT2D eigenvalue weighted by atomic mass is 10.0. The SMILES string of the molecule is CCCN1C(=O)S/C(=C/c2cc(C)n(-c3c(C)cc(C)cc3C)c2C)C1=O. The van der Waals surface area contributed by atoms with Crippen LogP contribution >= 0.6 is 11.8 Å². The minimum atomic E-state index is -0.181. The van der Waals surface area contributed by atoms with Crippen molar-refractivity contribution in [2.24, 2.45) is 0 Å². The van der Waals surface area contributed by atoms with Gasteiger partial charge in [0.1, 0.15) is 0 Å². The molecule has 5 heteroatoms. The highest BCUT2D eigenvalue weighted by Gasteiger charge is 2.34. The predicted octanol–water partition coefficient (Wildman–Crippen LogP) is 5.47. The van der Waals surface area contributed by atoms with E-state index in [1.54, 1.807) is 0 Å². The Kier molecular flexibility index (Phi) is 5.33. The molecular formula is C22H26N2O2S. The molecule has 1 fully saturated rings. The van der Waals surface area contributed by atoms with Crippen molar-refractivity contribution in [1.29, 1.82) is 0 Å². The van der Waals surface area contributed by atoms with Gasteiger partial charge in [0, 0.05) is 17.9 Å². The van der Waals surface area contributed by atoms with Crippen LogP contribution in [0.15, 0.2) is 23.1 Å². The zero-order valence-electron chi connectivity index (χ0n) is 16.8. The van der Waals surface area contributed by atoms with Gasteiger partial charge in [-0.1, -0.05) is 24.6 Å². The average molecular weight is 383 g/mol. The number of hydrogen-bond donors (Lipinski definition) is 0. The van der Waals surface area contributed by atoms with Crippen LogP contribution in [-0.4, -0.2) is 27.2 Å². The van der Waals surface area contributed by atoms with E-state index in [0.717, 1.165) is 35.1 Å². The monoisotopic (exact) mass is 382 g/mol. The third-order valence-corrected chi connectivity index (χ3v) is 5.84. The van der Waals surface area contributed by atoms with E-state index in [2.05, 4.69) is 57.4 Å². The molecule has 0 aliphatic carbocycles. The summed E-state index contributed by atoms with van der Waals surface area (Å²) in [5, 5.41) is -0.174. The highest BCUT2D eigenvalue weighted by atomic mass is 32.2. The average Bonchev–Trinajstić information content (AvgIpc) is 2.99. The molecule has 0 N–H and O–H groups in total. The molecule has 0 unspecified atom stereocenters. The van der Waals surface area contributed by atoms with Gasteiger partial charge in [-0.25, -0.2) is 0 Å². The number of carbonyl (C=O) groups is 2. The van der Waals surface area contributed by atoms with Crippen molar-refractivity contribution >= 4 is 29.0 Å². The Morgan fingerprint density at radius 3 is 2.22 bits per heavy atom. The Balaban J connectivity index is 2.06. The highest BCUT2D eigenvalue weighted by Crippen LogP contribution is 2.34. The van der Waals surface area contributed by atoms with E-state index in [1.807, 2.05) is 13.0 Å². The van der Waals surface area contributed by atoms with Gasteiger partial charge < -0.3 is 4.57 Å². The van der Waals surface area contributed by atoms with E-state index in [1.165, 1.54) is 27.3 Å². The van der Waals surface area contributed by atoms with E-state index in [-0.39, 0.29) is 11.1 Å². The van der Waals surface area contributed by atoms with Crippen LogP contribution in [0, 0.1) is 34.6 Å². The van der Waals surface area contributed by atoms with Gasteiger partial charge in [0.25, 0.3) is 11.1 Å². The Morgan fingerprint density at radius 2 is 1.63 bits per heavy atom. The fourth-order valence-electron chi connectivity index (χ4n) is 3.86. The molecule has 2 aromatic rings. The lowest BCUT2D eigenvalue weighted by Crippen LogP contribution is -2.28. The highest BCUT2D eigenvalue weighted by molar-refractivity contribution is 8.18. The summed E-state index contributed by atoms with van der Waals surface area (Å²) < 4.78 is 2.24. The minimum absolute atomic E-state index is 0.174. The summed E-state index contributed by atoms with van der Waals surface area (Å²) in [6.07, 6.45) is 2.63. The molecule has 0 bridgehead atoms. The Labute approximate surface area is 165 Å². The van der Waals surface area contributed by atoms with Crippen LogP contribution in [0.2, 0.25) is 0 Å². The summed E-state index contributed by atoms with van der Waals surface area (Å²) in [5.74, 6) is -0.181. The molecule has 1 aliphatic heterocycles. The first-order chi connectivity index (χ1) is 12.7. The van der Waals surface area contributed by atoms with Crippen LogP contribution < -0.4 is 0 Å². The van der Waals surface area contributed by atoms with Crippen LogP contribution in [-0.2, 0) is 4.79 Å². The van der Waals surface area contributed by atoms with Crippen molar-refractivity contribution in [2.75, 3.05) is 6.54 Å². The fraction of sp³-hybridized carbons (Fsp3) is 0.364. The van der Waals surface area contributed by atoms with E-state index in [0.29, 0.717) is 11.4 Å². The number of thioether (sulfide) groups is 1. The molecule has 1 aromatic carbocycles. The quantitative estimate of drug-likeness (QED) is 0.659. The molecule has 2 amide bonds. The standard InChI is InChI=1S/C22H26N2O2S/c1-7-8-23-21(25)19(27-22(23)26)12-18-11-16(5)24(17(18)6)20-14(3)9-13(2)10-15(20)4/h9-12H,7-8H2,1-6H3/b19-12+. The minimum Gasteiger partial charge on any atom is -0.317 e. The molecule has 0 radical (unpaired) electrons. The van der Waals surface area contributed by atoms with Gasteiger partial charge in [-0.2, -0.15) is 0 Å². The van der Waals surface area contributed by atoms with Crippen molar-refractivity contribution in [1.82, 2.24) is 9.47 Å². The number of nitrogens with zero attached hydrogens (tertiary/aromatic N) is 2. The Hall–Kier alpha value is -2.27. The van der Waals surface area contributed by atoms with E-state index in [9.17, 15) is 9.59 Å². The summed E-state index contributed by atoms with van der Waals surface area (Å²) in [5.41, 5.74) is 8.06. The number of amides is 2. The molecular weight excluding hydrogens is 356 g/mol. The van der Waals surface area contributed by atoms with Gasteiger partial charge in [0.2, 0.25) is 0 Å².